The van der Waals surface area contributed by atoms with E-state index in [0.717, 1.165) is 31.6 Å². The van der Waals surface area contributed by atoms with Crippen molar-refractivity contribution in [3.05, 3.63) is 0 Å². The summed E-state index contributed by atoms with van der Waals surface area (Å²) >= 11 is 2.02. The number of rotatable bonds is 3. The normalized spacial score (nSPS) is 39.8. The van der Waals surface area contributed by atoms with Gasteiger partial charge in [-0.25, -0.2) is 0 Å². The van der Waals surface area contributed by atoms with Crippen molar-refractivity contribution in [2.45, 2.75) is 70.0 Å². The summed E-state index contributed by atoms with van der Waals surface area (Å²) in [6, 6.07) is 0. The Kier molecular flexibility index (Phi) is 4.17. The third-order valence-corrected chi connectivity index (χ3v) is 7.20. The Hall–Kier alpha value is 0.270. The SMILES string of the molecule is CCC1(C(O)C2CCOC3(CCSC3)C2)CCCC1. The van der Waals surface area contributed by atoms with E-state index in [1.54, 1.807) is 0 Å². The van der Waals surface area contributed by atoms with Crippen LogP contribution in [0.2, 0.25) is 0 Å². The molecule has 110 valence electrons. The molecule has 3 aliphatic rings. The van der Waals surface area contributed by atoms with Crippen LogP contribution in [0.5, 0.6) is 0 Å². The number of hydrogen-bond donors (Lipinski definition) is 1. The predicted molar refractivity (Wildman–Crippen MR) is 80.5 cm³/mol. The Morgan fingerprint density at radius 2 is 2.11 bits per heavy atom. The zero-order valence-corrected chi connectivity index (χ0v) is 13.0. The van der Waals surface area contributed by atoms with E-state index in [1.165, 1.54) is 37.9 Å². The third-order valence-electron chi connectivity index (χ3n) is 5.98. The summed E-state index contributed by atoms with van der Waals surface area (Å²) in [5, 5.41) is 11.0. The molecule has 2 heterocycles. The lowest BCUT2D eigenvalue weighted by molar-refractivity contribution is -0.124. The van der Waals surface area contributed by atoms with Gasteiger partial charge in [0.2, 0.25) is 0 Å². The van der Waals surface area contributed by atoms with Crippen LogP contribution in [0.15, 0.2) is 0 Å². The Labute approximate surface area is 121 Å². The van der Waals surface area contributed by atoms with Crippen LogP contribution < -0.4 is 0 Å². The molecule has 0 radical (unpaired) electrons. The van der Waals surface area contributed by atoms with Crippen molar-refractivity contribution in [3.63, 3.8) is 0 Å². The maximum atomic E-state index is 11.0. The number of hydrogen-bond acceptors (Lipinski definition) is 3. The minimum absolute atomic E-state index is 0.0913. The van der Waals surface area contributed by atoms with Crippen molar-refractivity contribution in [1.82, 2.24) is 0 Å². The van der Waals surface area contributed by atoms with E-state index < -0.39 is 0 Å². The van der Waals surface area contributed by atoms with Crippen LogP contribution in [-0.4, -0.2) is 34.9 Å². The molecule has 0 aromatic rings. The zero-order chi connectivity index (χ0) is 13.3. The van der Waals surface area contributed by atoms with Crippen LogP contribution in [0.4, 0.5) is 0 Å². The van der Waals surface area contributed by atoms with Gasteiger partial charge in [0, 0.05) is 12.4 Å². The molecule has 3 rings (SSSR count). The van der Waals surface area contributed by atoms with Gasteiger partial charge in [0.1, 0.15) is 0 Å². The maximum absolute atomic E-state index is 11.0. The van der Waals surface area contributed by atoms with Crippen molar-refractivity contribution in [1.29, 1.82) is 0 Å². The largest absolute Gasteiger partial charge is 0.392 e. The first kappa shape index (κ1) is 14.2. The van der Waals surface area contributed by atoms with Crippen molar-refractivity contribution in [2.75, 3.05) is 18.1 Å². The highest BCUT2D eigenvalue weighted by Gasteiger charge is 2.48. The highest BCUT2D eigenvalue weighted by molar-refractivity contribution is 7.99. The molecule has 3 atom stereocenters. The molecule has 1 aliphatic carbocycles. The summed E-state index contributed by atoms with van der Waals surface area (Å²) in [4.78, 5) is 0. The molecule has 1 spiro atoms. The minimum Gasteiger partial charge on any atom is -0.392 e. The molecule has 3 unspecified atom stereocenters. The highest BCUT2D eigenvalue weighted by Crippen LogP contribution is 2.50. The molecule has 19 heavy (non-hydrogen) atoms. The van der Waals surface area contributed by atoms with Gasteiger partial charge in [0.05, 0.1) is 11.7 Å². The summed E-state index contributed by atoms with van der Waals surface area (Å²) < 4.78 is 6.10. The van der Waals surface area contributed by atoms with Gasteiger partial charge in [-0.05, 0) is 55.6 Å². The molecule has 2 nitrogen and oxygen atoms in total. The number of aliphatic hydroxyl groups is 1. The molecule has 3 heteroatoms. The molecular weight excluding hydrogens is 256 g/mol. The summed E-state index contributed by atoms with van der Waals surface area (Å²) in [7, 11) is 0. The van der Waals surface area contributed by atoms with E-state index in [2.05, 4.69) is 6.92 Å². The van der Waals surface area contributed by atoms with Crippen LogP contribution in [-0.2, 0) is 4.74 Å². The molecule has 0 amide bonds. The fraction of sp³-hybridized carbons (Fsp3) is 1.00. The van der Waals surface area contributed by atoms with Gasteiger partial charge < -0.3 is 9.84 Å². The van der Waals surface area contributed by atoms with Crippen molar-refractivity contribution in [2.24, 2.45) is 11.3 Å². The molecule has 2 saturated heterocycles. The third kappa shape index (κ3) is 2.58. The fourth-order valence-electron chi connectivity index (χ4n) is 4.64. The number of ether oxygens (including phenoxy) is 1. The van der Waals surface area contributed by atoms with E-state index in [1.807, 2.05) is 11.8 Å². The van der Waals surface area contributed by atoms with Crippen molar-refractivity contribution in [3.8, 4) is 0 Å². The highest BCUT2D eigenvalue weighted by atomic mass is 32.2. The zero-order valence-electron chi connectivity index (χ0n) is 12.2. The van der Waals surface area contributed by atoms with Crippen LogP contribution >= 0.6 is 11.8 Å². The van der Waals surface area contributed by atoms with Crippen LogP contribution in [0.1, 0.15) is 58.3 Å². The van der Waals surface area contributed by atoms with E-state index in [-0.39, 0.29) is 17.1 Å². The van der Waals surface area contributed by atoms with Crippen LogP contribution in [0.25, 0.3) is 0 Å². The topological polar surface area (TPSA) is 29.5 Å². The van der Waals surface area contributed by atoms with Gasteiger partial charge in [-0.3, -0.25) is 0 Å². The van der Waals surface area contributed by atoms with Gasteiger partial charge in [0.15, 0.2) is 0 Å². The van der Waals surface area contributed by atoms with E-state index in [4.69, 9.17) is 4.74 Å². The monoisotopic (exact) mass is 284 g/mol. The summed E-state index contributed by atoms with van der Waals surface area (Å²) in [5.74, 6) is 2.86. The maximum Gasteiger partial charge on any atom is 0.0783 e. The first-order valence-corrected chi connectivity index (χ1v) is 9.25. The fourth-order valence-corrected chi connectivity index (χ4v) is 6.01. The lowest BCUT2D eigenvalue weighted by Gasteiger charge is -2.45. The van der Waals surface area contributed by atoms with Crippen molar-refractivity contribution >= 4 is 11.8 Å². The predicted octanol–water partition coefficient (Wildman–Crippen LogP) is 3.62. The number of aliphatic hydroxyl groups excluding tert-OH is 1. The average Bonchev–Trinajstić information content (AvgIpc) is 3.08. The smallest absolute Gasteiger partial charge is 0.0783 e. The summed E-state index contributed by atoms with van der Waals surface area (Å²) in [6.07, 6.45) is 9.52. The standard InChI is InChI=1S/C16H28O2S/c1-2-15(6-3-4-7-15)14(17)13-5-9-18-16(11-13)8-10-19-12-16/h13-14,17H,2-12H2,1H3. The molecule has 0 aromatic heterocycles. The second-order valence-electron chi connectivity index (χ2n) is 6.95. The molecule has 0 aromatic carbocycles. The van der Waals surface area contributed by atoms with E-state index >= 15 is 0 Å². The molecule has 3 fully saturated rings. The Morgan fingerprint density at radius 1 is 1.32 bits per heavy atom. The molecule has 1 saturated carbocycles. The van der Waals surface area contributed by atoms with Gasteiger partial charge in [0.25, 0.3) is 0 Å². The second kappa shape index (κ2) is 5.57. The first-order chi connectivity index (χ1) is 9.20. The van der Waals surface area contributed by atoms with E-state index in [0.29, 0.717) is 5.92 Å². The minimum atomic E-state index is -0.0913. The number of thioether (sulfide) groups is 1. The van der Waals surface area contributed by atoms with Crippen molar-refractivity contribution < 1.29 is 9.84 Å². The molecule has 2 aliphatic heterocycles. The van der Waals surface area contributed by atoms with Gasteiger partial charge in [-0.2, -0.15) is 11.8 Å². The molecular formula is C16H28O2S. The summed E-state index contributed by atoms with van der Waals surface area (Å²) in [6.45, 7) is 3.14. The first-order valence-electron chi connectivity index (χ1n) is 8.10. The lowest BCUT2D eigenvalue weighted by atomic mass is 9.69. The average molecular weight is 284 g/mol. The second-order valence-corrected chi connectivity index (χ2v) is 8.06. The lowest BCUT2D eigenvalue weighted by Crippen LogP contribution is -2.47. The molecule has 1 N–H and O–H groups in total. The van der Waals surface area contributed by atoms with Gasteiger partial charge >= 0.3 is 0 Å². The Morgan fingerprint density at radius 3 is 2.74 bits per heavy atom. The summed E-state index contributed by atoms with van der Waals surface area (Å²) in [5.41, 5.74) is 0.344. The Balaban J connectivity index is 1.70. The van der Waals surface area contributed by atoms with Gasteiger partial charge in [-0.15, -0.1) is 0 Å². The Bertz CT molecular complexity index is 306. The quantitative estimate of drug-likeness (QED) is 0.858. The van der Waals surface area contributed by atoms with Crippen LogP contribution in [0, 0.1) is 11.3 Å². The van der Waals surface area contributed by atoms with Gasteiger partial charge in [-0.1, -0.05) is 19.8 Å². The van der Waals surface area contributed by atoms with E-state index in [9.17, 15) is 5.11 Å². The van der Waals surface area contributed by atoms with Crippen LogP contribution in [0.3, 0.4) is 0 Å². The molecule has 0 bridgehead atoms.